The fourth-order valence-electron chi connectivity index (χ4n) is 3.11. The van der Waals surface area contributed by atoms with Crippen LogP contribution in [0.1, 0.15) is 36.8 Å². The van der Waals surface area contributed by atoms with Crippen molar-refractivity contribution in [2.45, 2.75) is 49.0 Å². The Labute approximate surface area is 191 Å². The summed E-state index contributed by atoms with van der Waals surface area (Å²) in [6.07, 6.45) is -7.96. The van der Waals surface area contributed by atoms with Gasteiger partial charge in [-0.15, -0.1) is 0 Å². The SMILES string of the molecule is FC(F)(F)c1cccc(C(F)(F)F)c1.NS(=O)c1cc(NC(=O)C2CCCC(F)(F)C2)ccn1. The van der Waals surface area contributed by atoms with Crippen LogP contribution in [0.15, 0.2) is 47.6 Å². The van der Waals surface area contributed by atoms with Crippen LogP contribution >= 0.6 is 0 Å². The molecule has 0 spiro atoms. The standard InChI is InChI=1S/C12H15F2N3O2S.C8H4F6/c13-12(14)4-1-2-8(7-12)11(18)17-9-3-5-16-10(6-9)20(15)19;9-7(10,11)5-2-1-3-6(4-5)8(12,13)14/h3,5-6,8H,1-2,4,7,15H2,(H,16,17,18);1-4H. The van der Waals surface area contributed by atoms with E-state index in [0.29, 0.717) is 30.7 Å². The van der Waals surface area contributed by atoms with Gasteiger partial charge in [-0.1, -0.05) is 6.07 Å². The Morgan fingerprint density at radius 1 is 1.06 bits per heavy atom. The molecule has 1 aliphatic carbocycles. The number of anilines is 1. The lowest BCUT2D eigenvalue weighted by atomic mass is 9.86. The number of halogens is 8. The second-order valence-electron chi connectivity index (χ2n) is 7.39. The average molecular weight is 517 g/mol. The number of nitrogens with one attached hydrogen (secondary N) is 1. The topological polar surface area (TPSA) is 85.1 Å². The molecular weight excluding hydrogens is 498 g/mol. The first kappa shape index (κ1) is 27.6. The Bertz CT molecular complexity index is 998. The first-order valence-corrected chi connectivity index (χ1v) is 10.9. The second kappa shape index (κ2) is 10.8. The van der Waals surface area contributed by atoms with Crippen molar-refractivity contribution in [2.75, 3.05) is 5.32 Å². The molecule has 1 aromatic carbocycles. The molecule has 0 bridgehead atoms. The predicted octanol–water partition coefficient (Wildman–Crippen LogP) is 5.55. The van der Waals surface area contributed by atoms with Gasteiger partial charge in [0.2, 0.25) is 11.8 Å². The van der Waals surface area contributed by atoms with E-state index in [9.17, 15) is 44.1 Å². The van der Waals surface area contributed by atoms with Crippen LogP contribution in [-0.2, 0) is 28.1 Å². The summed E-state index contributed by atoms with van der Waals surface area (Å²) in [6.45, 7) is 0. The minimum atomic E-state index is -4.75. The molecule has 0 radical (unpaired) electrons. The zero-order valence-electron chi connectivity index (χ0n) is 17.2. The van der Waals surface area contributed by atoms with Gasteiger partial charge in [0.05, 0.1) is 11.1 Å². The van der Waals surface area contributed by atoms with E-state index in [4.69, 9.17) is 5.14 Å². The molecule has 0 saturated heterocycles. The quantitative estimate of drug-likeness (QED) is 0.524. The van der Waals surface area contributed by atoms with Crippen LogP contribution in [0.2, 0.25) is 0 Å². The Hall–Kier alpha value is -2.61. The lowest BCUT2D eigenvalue weighted by Gasteiger charge is -2.27. The van der Waals surface area contributed by atoms with Crippen molar-refractivity contribution in [1.82, 2.24) is 4.98 Å². The van der Waals surface area contributed by atoms with Crippen LogP contribution in [0.5, 0.6) is 0 Å². The van der Waals surface area contributed by atoms with Crippen LogP contribution in [0, 0.1) is 5.92 Å². The molecule has 1 fully saturated rings. The van der Waals surface area contributed by atoms with Gasteiger partial charge in [-0.2, -0.15) is 26.3 Å². The molecular formula is C20H19F8N3O2S. The van der Waals surface area contributed by atoms with Gasteiger partial charge in [-0.25, -0.2) is 23.1 Å². The molecule has 1 amide bonds. The van der Waals surface area contributed by atoms with E-state index in [1.807, 2.05) is 0 Å². The van der Waals surface area contributed by atoms with Gasteiger partial charge in [0, 0.05) is 30.6 Å². The van der Waals surface area contributed by atoms with E-state index >= 15 is 0 Å². The minimum Gasteiger partial charge on any atom is -0.326 e. The zero-order chi connectivity index (χ0) is 25.7. The van der Waals surface area contributed by atoms with Crippen LogP contribution in [-0.4, -0.2) is 21.0 Å². The monoisotopic (exact) mass is 517 g/mol. The van der Waals surface area contributed by atoms with Gasteiger partial charge in [0.1, 0.15) is 16.0 Å². The van der Waals surface area contributed by atoms with Gasteiger partial charge < -0.3 is 5.32 Å². The van der Waals surface area contributed by atoms with Gasteiger partial charge >= 0.3 is 12.4 Å². The number of nitrogens with zero attached hydrogens (tertiary/aromatic N) is 1. The normalized spacial score (nSPS) is 18.9. The molecule has 1 aromatic heterocycles. The van der Waals surface area contributed by atoms with E-state index in [0.717, 1.165) is 6.07 Å². The van der Waals surface area contributed by atoms with Crippen molar-refractivity contribution >= 4 is 22.6 Å². The largest absolute Gasteiger partial charge is 0.416 e. The molecule has 1 saturated carbocycles. The molecule has 3 N–H and O–H groups in total. The number of aromatic nitrogens is 1. The van der Waals surface area contributed by atoms with Crippen molar-refractivity contribution in [2.24, 2.45) is 11.1 Å². The number of hydrogen-bond donors (Lipinski definition) is 2. The van der Waals surface area contributed by atoms with Crippen molar-refractivity contribution < 1.29 is 44.1 Å². The fraction of sp³-hybridized carbons (Fsp3) is 0.400. The molecule has 2 unspecified atom stereocenters. The number of amides is 1. The first-order valence-electron chi connectivity index (χ1n) is 9.64. The number of rotatable bonds is 3. The fourth-order valence-corrected chi connectivity index (χ4v) is 3.52. The van der Waals surface area contributed by atoms with E-state index < -0.39 is 58.6 Å². The number of alkyl halides is 8. The van der Waals surface area contributed by atoms with Crippen molar-refractivity contribution in [3.8, 4) is 0 Å². The Morgan fingerprint density at radius 2 is 1.65 bits per heavy atom. The summed E-state index contributed by atoms with van der Waals surface area (Å²) in [4.78, 5) is 15.7. The summed E-state index contributed by atoms with van der Waals surface area (Å²) >= 11 is 0. The molecule has 3 rings (SSSR count). The highest BCUT2D eigenvalue weighted by atomic mass is 32.2. The summed E-state index contributed by atoms with van der Waals surface area (Å²) in [5, 5.41) is 7.85. The van der Waals surface area contributed by atoms with Crippen LogP contribution in [0.25, 0.3) is 0 Å². The molecule has 2 atom stereocenters. The predicted molar refractivity (Wildman–Crippen MR) is 107 cm³/mol. The van der Waals surface area contributed by atoms with Crippen LogP contribution in [0.4, 0.5) is 40.8 Å². The van der Waals surface area contributed by atoms with E-state index in [1.165, 1.54) is 18.3 Å². The summed E-state index contributed by atoms with van der Waals surface area (Å²) in [7, 11) is -1.75. The number of benzene rings is 1. The van der Waals surface area contributed by atoms with Crippen LogP contribution < -0.4 is 10.5 Å². The summed E-state index contributed by atoms with van der Waals surface area (Å²) in [6, 6.07) is 4.86. The van der Waals surface area contributed by atoms with Gasteiger partial charge in [-0.05, 0) is 43.2 Å². The van der Waals surface area contributed by atoms with E-state index in [1.54, 1.807) is 0 Å². The van der Waals surface area contributed by atoms with Crippen LogP contribution in [0.3, 0.4) is 0 Å². The van der Waals surface area contributed by atoms with Crippen molar-refractivity contribution in [3.05, 3.63) is 53.7 Å². The smallest absolute Gasteiger partial charge is 0.326 e. The highest BCUT2D eigenvalue weighted by molar-refractivity contribution is 7.82. The number of carbonyl (C=O) groups is 1. The second-order valence-corrected chi connectivity index (χ2v) is 8.41. The Balaban J connectivity index is 0.000000257. The maximum absolute atomic E-state index is 13.3. The Morgan fingerprint density at radius 3 is 2.15 bits per heavy atom. The lowest BCUT2D eigenvalue weighted by Crippen LogP contribution is -2.33. The van der Waals surface area contributed by atoms with Gasteiger partial charge in [-0.3, -0.25) is 4.79 Å². The number of nitrogens with two attached hydrogens (primary N) is 1. The molecule has 1 heterocycles. The number of hydrogen-bond acceptors (Lipinski definition) is 3. The zero-order valence-corrected chi connectivity index (χ0v) is 18.0. The third-order valence-electron chi connectivity index (χ3n) is 4.74. The maximum Gasteiger partial charge on any atom is 0.416 e. The van der Waals surface area contributed by atoms with Crippen molar-refractivity contribution in [3.63, 3.8) is 0 Å². The molecule has 34 heavy (non-hydrogen) atoms. The molecule has 5 nitrogen and oxygen atoms in total. The Kier molecular flexibility index (Phi) is 8.75. The maximum atomic E-state index is 13.3. The molecule has 0 aliphatic heterocycles. The molecule has 1 aliphatic rings. The van der Waals surface area contributed by atoms with E-state index in [2.05, 4.69) is 10.3 Å². The molecule has 14 heteroatoms. The van der Waals surface area contributed by atoms with Crippen molar-refractivity contribution in [1.29, 1.82) is 0 Å². The lowest BCUT2D eigenvalue weighted by molar-refractivity contribution is -0.143. The molecule has 2 aromatic rings. The number of pyridine rings is 1. The van der Waals surface area contributed by atoms with Gasteiger partial charge in [0.15, 0.2) is 0 Å². The average Bonchev–Trinajstić information content (AvgIpc) is 2.72. The third kappa shape index (κ3) is 8.31. The highest BCUT2D eigenvalue weighted by Gasteiger charge is 2.39. The summed E-state index contributed by atoms with van der Waals surface area (Å²) in [5.74, 6) is -3.94. The first-order chi connectivity index (χ1) is 15.6. The summed E-state index contributed by atoms with van der Waals surface area (Å²) < 4.78 is 110. The molecule has 188 valence electrons. The third-order valence-corrected chi connectivity index (χ3v) is 5.37. The van der Waals surface area contributed by atoms with E-state index in [-0.39, 0.29) is 17.5 Å². The minimum absolute atomic E-state index is 0.0833. The summed E-state index contributed by atoms with van der Waals surface area (Å²) in [5.41, 5.74) is -2.24. The van der Waals surface area contributed by atoms with Gasteiger partial charge in [0.25, 0.3) is 0 Å². The highest BCUT2D eigenvalue weighted by Crippen LogP contribution is 2.37. The number of carbonyl (C=O) groups excluding carboxylic acids is 1.